The SMILES string of the molecule is CC(C)n1c(=O)c2cnc(Nc3ccc4c(c3)CCNC4)nc2n1-c1ccc(C#N)cc1. The fourth-order valence-corrected chi connectivity index (χ4v) is 4.14. The molecule has 0 aliphatic carbocycles. The number of fused-ring (bicyclic) bond motifs is 2. The van der Waals surface area contributed by atoms with E-state index in [4.69, 9.17) is 10.2 Å². The van der Waals surface area contributed by atoms with Crippen LogP contribution < -0.4 is 16.2 Å². The molecule has 8 nitrogen and oxygen atoms in total. The van der Waals surface area contributed by atoms with E-state index in [1.807, 2.05) is 32.0 Å². The second-order valence-electron chi connectivity index (χ2n) is 8.18. The van der Waals surface area contributed by atoms with Crippen molar-refractivity contribution in [3.8, 4) is 11.8 Å². The highest BCUT2D eigenvalue weighted by Crippen LogP contribution is 2.23. The fourth-order valence-electron chi connectivity index (χ4n) is 4.14. The summed E-state index contributed by atoms with van der Waals surface area (Å²) in [4.78, 5) is 22.2. The van der Waals surface area contributed by atoms with Gasteiger partial charge >= 0.3 is 0 Å². The van der Waals surface area contributed by atoms with E-state index in [0.717, 1.165) is 30.9 Å². The van der Waals surface area contributed by atoms with Crippen molar-refractivity contribution in [2.75, 3.05) is 11.9 Å². The lowest BCUT2D eigenvalue weighted by Gasteiger charge is -2.18. The van der Waals surface area contributed by atoms with Crippen LogP contribution >= 0.6 is 0 Å². The fraction of sp³-hybridized carbons (Fsp3) is 0.250. The van der Waals surface area contributed by atoms with E-state index >= 15 is 0 Å². The molecular formula is C24H23N7O. The van der Waals surface area contributed by atoms with Gasteiger partial charge in [0.2, 0.25) is 5.95 Å². The summed E-state index contributed by atoms with van der Waals surface area (Å²) in [7, 11) is 0. The Labute approximate surface area is 185 Å². The highest BCUT2D eigenvalue weighted by molar-refractivity contribution is 5.77. The Morgan fingerprint density at radius 2 is 1.97 bits per heavy atom. The van der Waals surface area contributed by atoms with Crippen LogP contribution in [-0.2, 0) is 13.0 Å². The third kappa shape index (κ3) is 3.43. The zero-order valence-corrected chi connectivity index (χ0v) is 18.0. The van der Waals surface area contributed by atoms with Crippen LogP contribution in [0.25, 0.3) is 16.7 Å². The molecule has 2 aromatic carbocycles. The van der Waals surface area contributed by atoms with Crippen molar-refractivity contribution >= 4 is 22.7 Å². The summed E-state index contributed by atoms with van der Waals surface area (Å²) >= 11 is 0. The maximum Gasteiger partial charge on any atom is 0.278 e. The second kappa shape index (κ2) is 7.94. The topological polar surface area (TPSA) is 101 Å². The molecule has 8 heteroatoms. The summed E-state index contributed by atoms with van der Waals surface area (Å²) in [5.74, 6) is 0.426. The molecule has 160 valence electrons. The van der Waals surface area contributed by atoms with Gasteiger partial charge in [0.05, 0.1) is 17.3 Å². The monoisotopic (exact) mass is 425 g/mol. The Bertz CT molecular complexity index is 1410. The number of rotatable bonds is 4. The minimum Gasteiger partial charge on any atom is -0.324 e. The van der Waals surface area contributed by atoms with Crippen LogP contribution in [-0.4, -0.2) is 25.9 Å². The average Bonchev–Trinajstić information content (AvgIpc) is 3.11. The maximum absolute atomic E-state index is 13.1. The number of nitrogens with zero attached hydrogens (tertiary/aromatic N) is 5. The number of anilines is 2. The van der Waals surface area contributed by atoms with E-state index < -0.39 is 0 Å². The third-order valence-electron chi connectivity index (χ3n) is 5.70. The number of hydrogen-bond acceptors (Lipinski definition) is 6. The molecule has 0 radical (unpaired) electrons. The van der Waals surface area contributed by atoms with Crippen molar-refractivity contribution in [3.05, 3.63) is 75.7 Å². The smallest absolute Gasteiger partial charge is 0.278 e. The lowest BCUT2D eigenvalue weighted by molar-refractivity contribution is 0.476. The van der Waals surface area contributed by atoms with Crippen LogP contribution in [0.1, 0.15) is 36.6 Å². The molecule has 0 saturated heterocycles. The molecule has 2 N–H and O–H groups in total. The summed E-state index contributed by atoms with van der Waals surface area (Å²) in [5, 5.41) is 16.2. The van der Waals surface area contributed by atoms with Crippen molar-refractivity contribution in [1.29, 1.82) is 5.26 Å². The molecule has 0 atom stereocenters. The van der Waals surface area contributed by atoms with E-state index in [-0.39, 0.29) is 11.6 Å². The summed E-state index contributed by atoms with van der Waals surface area (Å²) in [6, 6.07) is 15.4. The van der Waals surface area contributed by atoms with Crippen LogP contribution in [0.2, 0.25) is 0 Å². The highest BCUT2D eigenvalue weighted by atomic mass is 16.1. The number of aromatic nitrogens is 4. The zero-order chi connectivity index (χ0) is 22.2. The van der Waals surface area contributed by atoms with Gasteiger partial charge in [0.15, 0.2) is 5.65 Å². The Morgan fingerprint density at radius 1 is 1.16 bits per heavy atom. The lowest BCUT2D eigenvalue weighted by Crippen LogP contribution is -2.24. The van der Waals surface area contributed by atoms with Crippen molar-refractivity contribution in [2.24, 2.45) is 0 Å². The van der Waals surface area contributed by atoms with E-state index in [9.17, 15) is 4.79 Å². The Kier molecular flexibility index (Phi) is 4.96. The van der Waals surface area contributed by atoms with Crippen molar-refractivity contribution < 1.29 is 0 Å². The summed E-state index contributed by atoms with van der Waals surface area (Å²) in [5.41, 5.74) is 5.23. The summed E-state index contributed by atoms with van der Waals surface area (Å²) in [6.07, 6.45) is 2.56. The van der Waals surface area contributed by atoms with Gasteiger partial charge in [-0.2, -0.15) is 10.2 Å². The molecule has 2 aromatic heterocycles. The first-order valence-electron chi connectivity index (χ1n) is 10.7. The third-order valence-corrected chi connectivity index (χ3v) is 5.70. The number of nitriles is 1. The van der Waals surface area contributed by atoms with Gasteiger partial charge in [-0.1, -0.05) is 6.07 Å². The van der Waals surface area contributed by atoms with Crippen LogP contribution in [0.3, 0.4) is 0 Å². The van der Waals surface area contributed by atoms with Gasteiger partial charge in [-0.15, -0.1) is 0 Å². The molecule has 0 spiro atoms. The van der Waals surface area contributed by atoms with E-state index in [1.165, 1.54) is 11.1 Å². The predicted octanol–water partition coefficient (Wildman–Crippen LogP) is 3.42. The Balaban J connectivity index is 1.61. The van der Waals surface area contributed by atoms with Gasteiger partial charge in [0, 0.05) is 24.5 Å². The van der Waals surface area contributed by atoms with Gasteiger partial charge in [0.1, 0.15) is 5.39 Å². The quantitative estimate of drug-likeness (QED) is 0.520. The minimum absolute atomic E-state index is 0.0852. The molecule has 0 amide bonds. The number of nitrogens with one attached hydrogen (secondary N) is 2. The van der Waals surface area contributed by atoms with Crippen molar-refractivity contribution in [3.63, 3.8) is 0 Å². The predicted molar refractivity (Wildman–Crippen MR) is 123 cm³/mol. The molecule has 32 heavy (non-hydrogen) atoms. The standard InChI is InChI=1S/C24H23N7O/c1-15(2)30-23(32)21-14-27-24(28-19-6-5-18-13-26-10-9-17(18)11-19)29-22(21)31(30)20-7-3-16(12-25)4-8-20/h3-8,11,14-15,26H,9-10,13H2,1-2H3,(H,27,28,29). The molecule has 5 rings (SSSR count). The Hall–Kier alpha value is -3.96. The largest absolute Gasteiger partial charge is 0.324 e. The Morgan fingerprint density at radius 3 is 2.72 bits per heavy atom. The molecule has 0 unspecified atom stereocenters. The number of benzene rings is 2. The maximum atomic E-state index is 13.1. The van der Waals surface area contributed by atoms with E-state index in [2.05, 4.69) is 33.8 Å². The molecule has 0 saturated carbocycles. The zero-order valence-electron chi connectivity index (χ0n) is 18.0. The van der Waals surface area contributed by atoms with Gasteiger partial charge in [-0.25, -0.2) is 14.3 Å². The lowest BCUT2D eigenvalue weighted by atomic mass is 10.0. The van der Waals surface area contributed by atoms with Gasteiger partial charge in [0.25, 0.3) is 5.56 Å². The van der Waals surface area contributed by atoms with Crippen molar-refractivity contribution in [2.45, 2.75) is 32.9 Å². The molecule has 1 aliphatic heterocycles. The molecular weight excluding hydrogens is 402 g/mol. The molecule has 0 fully saturated rings. The van der Waals surface area contributed by atoms with Crippen molar-refractivity contribution in [1.82, 2.24) is 24.6 Å². The first-order chi connectivity index (χ1) is 15.5. The minimum atomic E-state index is -0.146. The van der Waals surface area contributed by atoms with E-state index in [0.29, 0.717) is 22.5 Å². The summed E-state index contributed by atoms with van der Waals surface area (Å²) < 4.78 is 3.46. The molecule has 1 aliphatic rings. The van der Waals surface area contributed by atoms with Crippen LogP contribution in [0.5, 0.6) is 0 Å². The van der Waals surface area contributed by atoms with Gasteiger partial charge in [-0.05, 0) is 74.3 Å². The van der Waals surface area contributed by atoms with E-state index in [1.54, 1.807) is 27.7 Å². The first kappa shape index (κ1) is 20.0. The second-order valence-corrected chi connectivity index (χ2v) is 8.18. The van der Waals surface area contributed by atoms with Crippen LogP contribution in [0, 0.1) is 11.3 Å². The van der Waals surface area contributed by atoms with Gasteiger partial charge < -0.3 is 10.6 Å². The van der Waals surface area contributed by atoms with Crippen LogP contribution in [0.4, 0.5) is 11.6 Å². The molecule has 3 heterocycles. The number of hydrogen-bond donors (Lipinski definition) is 2. The summed E-state index contributed by atoms with van der Waals surface area (Å²) in [6.45, 7) is 5.76. The normalized spacial score (nSPS) is 13.2. The van der Waals surface area contributed by atoms with Gasteiger partial charge in [-0.3, -0.25) is 4.79 Å². The molecule has 4 aromatic rings. The molecule has 0 bridgehead atoms. The van der Waals surface area contributed by atoms with Crippen LogP contribution in [0.15, 0.2) is 53.5 Å². The first-order valence-corrected chi connectivity index (χ1v) is 10.7. The average molecular weight is 425 g/mol. The highest BCUT2D eigenvalue weighted by Gasteiger charge is 2.19.